The van der Waals surface area contributed by atoms with Crippen LogP contribution in [0.4, 0.5) is 0 Å². The van der Waals surface area contributed by atoms with Gasteiger partial charge in [-0.05, 0) is 67.7 Å². The summed E-state index contributed by atoms with van der Waals surface area (Å²) < 4.78 is 0. The molecule has 3 rings (SSSR count). The van der Waals surface area contributed by atoms with Gasteiger partial charge in [0.05, 0.1) is 0 Å². The van der Waals surface area contributed by atoms with E-state index in [2.05, 4.69) is 6.07 Å². The van der Waals surface area contributed by atoms with Crippen LogP contribution in [0.1, 0.15) is 42.4 Å². The molecular formula is C14H19NO. The summed E-state index contributed by atoms with van der Waals surface area (Å²) in [6, 6.07) is 3.94. The van der Waals surface area contributed by atoms with Crippen molar-refractivity contribution in [2.45, 2.75) is 50.5 Å². The van der Waals surface area contributed by atoms with Crippen LogP contribution in [0.2, 0.25) is 0 Å². The van der Waals surface area contributed by atoms with E-state index in [-0.39, 0.29) is 5.54 Å². The standard InChI is InChI=1S/C14H19NO/c15-14(7-8-14)9-12-11-4-2-1-3-10(11)5-6-13(12)16/h5-6,16H,1-4,7-9,15H2. The molecule has 0 atom stereocenters. The minimum Gasteiger partial charge on any atom is -0.508 e. The van der Waals surface area contributed by atoms with Crippen molar-refractivity contribution in [2.24, 2.45) is 5.73 Å². The van der Waals surface area contributed by atoms with E-state index >= 15 is 0 Å². The summed E-state index contributed by atoms with van der Waals surface area (Å²) in [6.45, 7) is 0. The number of hydrogen-bond acceptors (Lipinski definition) is 2. The van der Waals surface area contributed by atoms with Gasteiger partial charge in [-0.25, -0.2) is 0 Å². The maximum atomic E-state index is 10.0. The zero-order valence-corrected chi connectivity index (χ0v) is 9.63. The second-order valence-electron chi connectivity index (χ2n) is 5.45. The number of aryl methyl sites for hydroxylation is 1. The molecule has 0 amide bonds. The molecule has 1 aromatic carbocycles. The van der Waals surface area contributed by atoms with Crippen molar-refractivity contribution in [2.75, 3.05) is 0 Å². The number of hydrogen-bond donors (Lipinski definition) is 2. The van der Waals surface area contributed by atoms with Crippen molar-refractivity contribution in [3.63, 3.8) is 0 Å². The average molecular weight is 217 g/mol. The van der Waals surface area contributed by atoms with Crippen LogP contribution in [0.3, 0.4) is 0 Å². The fourth-order valence-electron chi connectivity index (χ4n) is 2.78. The molecule has 2 heteroatoms. The molecule has 0 aromatic heterocycles. The lowest BCUT2D eigenvalue weighted by Gasteiger charge is -2.22. The van der Waals surface area contributed by atoms with Crippen molar-refractivity contribution < 1.29 is 5.11 Å². The molecule has 0 unspecified atom stereocenters. The van der Waals surface area contributed by atoms with Crippen LogP contribution < -0.4 is 5.73 Å². The van der Waals surface area contributed by atoms with Gasteiger partial charge in [0.1, 0.15) is 5.75 Å². The second kappa shape index (κ2) is 3.49. The van der Waals surface area contributed by atoms with Gasteiger partial charge < -0.3 is 10.8 Å². The summed E-state index contributed by atoms with van der Waals surface area (Å²) in [4.78, 5) is 0. The Morgan fingerprint density at radius 3 is 2.69 bits per heavy atom. The quantitative estimate of drug-likeness (QED) is 0.798. The fourth-order valence-corrected chi connectivity index (χ4v) is 2.78. The normalized spacial score (nSPS) is 21.6. The van der Waals surface area contributed by atoms with Crippen LogP contribution in [-0.4, -0.2) is 10.6 Å². The Kier molecular flexibility index (Phi) is 2.21. The summed E-state index contributed by atoms with van der Waals surface area (Å²) in [5.41, 5.74) is 10.1. The van der Waals surface area contributed by atoms with Crippen LogP contribution >= 0.6 is 0 Å². The van der Waals surface area contributed by atoms with E-state index in [0.29, 0.717) is 5.75 Å². The SMILES string of the molecule is NC1(Cc2c(O)ccc3c2CCCC3)CC1. The van der Waals surface area contributed by atoms with E-state index in [9.17, 15) is 5.11 Å². The zero-order valence-electron chi connectivity index (χ0n) is 9.63. The van der Waals surface area contributed by atoms with Crippen LogP contribution in [0.5, 0.6) is 5.75 Å². The van der Waals surface area contributed by atoms with E-state index in [1.165, 1.54) is 30.4 Å². The van der Waals surface area contributed by atoms with Gasteiger partial charge in [-0.1, -0.05) is 6.07 Å². The maximum absolute atomic E-state index is 10.0. The number of nitrogens with two attached hydrogens (primary N) is 1. The highest BCUT2D eigenvalue weighted by Gasteiger charge is 2.39. The number of benzene rings is 1. The molecule has 16 heavy (non-hydrogen) atoms. The smallest absolute Gasteiger partial charge is 0.119 e. The molecule has 0 aliphatic heterocycles. The molecule has 86 valence electrons. The largest absolute Gasteiger partial charge is 0.508 e. The summed E-state index contributed by atoms with van der Waals surface area (Å²) in [5.74, 6) is 0.456. The molecule has 0 radical (unpaired) electrons. The third kappa shape index (κ3) is 1.71. The van der Waals surface area contributed by atoms with E-state index in [4.69, 9.17) is 5.73 Å². The first kappa shape index (κ1) is 10.2. The molecule has 1 saturated carbocycles. The third-order valence-corrected chi connectivity index (χ3v) is 4.05. The van der Waals surface area contributed by atoms with Gasteiger partial charge >= 0.3 is 0 Å². The Hall–Kier alpha value is -1.02. The summed E-state index contributed by atoms with van der Waals surface area (Å²) in [5, 5.41) is 10.0. The number of fused-ring (bicyclic) bond motifs is 1. The number of aromatic hydroxyl groups is 1. The van der Waals surface area contributed by atoms with Gasteiger partial charge in [-0.15, -0.1) is 0 Å². The topological polar surface area (TPSA) is 46.2 Å². The van der Waals surface area contributed by atoms with Gasteiger partial charge in [-0.3, -0.25) is 0 Å². The average Bonchev–Trinajstić information content (AvgIpc) is 3.01. The molecule has 0 saturated heterocycles. The Morgan fingerprint density at radius 2 is 1.94 bits per heavy atom. The van der Waals surface area contributed by atoms with Crippen LogP contribution in [0.15, 0.2) is 12.1 Å². The summed E-state index contributed by atoms with van der Waals surface area (Å²) in [6.07, 6.45) is 7.90. The molecule has 3 N–H and O–H groups in total. The molecule has 0 spiro atoms. The van der Waals surface area contributed by atoms with Gasteiger partial charge in [0.2, 0.25) is 0 Å². The van der Waals surface area contributed by atoms with Crippen molar-refractivity contribution >= 4 is 0 Å². The highest BCUT2D eigenvalue weighted by molar-refractivity contribution is 5.47. The minimum absolute atomic E-state index is 0.00987. The van der Waals surface area contributed by atoms with Gasteiger partial charge in [-0.2, -0.15) is 0 Å². The lowest BCUT2D eigenvalue weighted by atomic mass is 9.85. The molecule has 2 aliphatic carbocycles. The number of rotatable bonds is 2. The Morgan fingerprint density at radius 1 is 1.19 bits per heavy atom. The van der Waals surface area contributed by atoms with Crippen LogP contribution in [-0.2, 0) is 19.3 Å². The van der Waals surface area contributed by atoms with Gasteiger partial charge in [0.15, 0.2) is 0 Å². The zero-order chi connectivity index (χ0) is 11.2. The Labute approximate surface area is 96.5 Å². The fraction of sp³-hybridized carbons (Fsp3) is 0.571. The molecule has 1 aromatic rings. The van der Waals surface area contributed by atoms with Crippen molar-refractivity contribution in [3.05, 3.63) is 28.8 Å². The first-order valence-electron chi connectivity index (χ1n) is 6.29. The Balaban J connectivity index is 2.00. The van der Waals surface area contributed by atoms with E-state index < -0.39 is 0 Å². The maximum Gasteiger partial charge on any atom is 0.119 e. The van der Waals surface area contributed by atoms with Crippen molar-refractivity contribution in [3.8, 4) is 5.75 Å². The molecular weight excluding hydrogens is 198 g/mol. The molecule has 0 bridgehead atoms. The molecule has 1 fully saturated rings. The van der Waals surface area contributed by atoms with Gasteiger partial charge in [0.25, 0.3) is 0 Å². The Bertz CT molecular complexity index is 421. The second-order valence-corrected chi connectivity index (χ2v) is 5.45. The number of phenols is 1. The third-order valence-electron chi connectivity index (χ3n) is 4.05. The lowest BCUT2D eigenvalue weighted by Crippen LogP contribution is -2.25. The van der Waals surface area contributed by atoms with Crippen molar-refractivity contribution in [1.29, 1.82) is 0 Å². The first-order valence-corrected chi connectivity index (χ1v) is 6.29. The van der Waals surface area contributed by atoms with E-state index in [1.54, 1.807) is 0 Å². The molecule has 2 aliphatic rings. The summed E-state index contributed by atoms with van der Waals surface area (Å²) in [7, 11) is 0. The van der Waals surface area contributed by atoms with Gasteiger partial charge in [0, 0.05) is 5.54 Å². The minimum atomic E-state index is -0.00987. The molecule has 2 nitrogen and oxygen atoms in total. The predicted octanol–water partition coefficient (Wildman–Crippen LogP) is 2.30. The van der Waals surface area contributed by atoms with E-state index in [1.807, 2.05) is 6.07 Å². The lowest BCUT2D eigenvalue weighted by molar-refractivity contribution is 0.460. The van der Waals surface area contributed by atoms with Crippen LogP contribution in [0.25, 0.3) is 0 Å². The molecule has 0 heterocycles. The monoisotopic (exact) mass is 217 g/mol. The van der Waals surface area contributed by atoms with Crippen molar-refractivity contribution in [1.82, 2.24) is 0 Å². The number of phenolic OH excluding ortho intramolecular Hbond substituents is 1. The first-order chi connectivity index (χ1) is 7.68. The van der Waals surface area contributed by atoms with Crippen LogP contribution in [0, 0.1) is 0 Å². The highest BCUT2D eigenvalue weighted by Crippen LogP contribution is 2.40. The predicted molar refractivity (Wildman–Crippen MR) is 64.6 cm³/mol. The highest BCUT2D eigenvalue weighted by atomic mass is 16.3. The van der Waals surface area contributed by atoms with E-state index in [0.717, 1.165) is 31.2 Å². The summed E-state index contributed by atoms with van der Waals surface area (Å²) >= 11 is 0.